The molecule has 5 nitrogen and oxygen atoms in total. The molecule has 0 aliphatic rings. The third-order valence-electron chi connectivity index (χ3n) is 1.90. The highest BCUT2D eigenvalue weighted by atomic mass is 35.5. The van der Waals surface area contributed by atoms with Gasteiger partial charge in [0.25, 0.3) is 5.95 Å². The van der Waals surface area contributed by atoms with E-state index in [0.29, 0.717) is 12.5 Å². The number of H-pyrrole nitrogens is 1. The van der Waals surface area contributed by atoms with E-state index in [1.807, 2.05) is 36.4 Å². The number of hydrogen-bond donors (Lipinski definition) is 2. The molecule has 2 aromatic rings. The Kier molecular flexibility index (Phi) is 3.50. The van der Waals surface area contributed by atoms with E-state index in [0.717, 1.165) is 10.6 Å². The first-order valence-corrected chi connectivity index (χ1v) is 5.12. The van der Waals surface area contributed by atoms with E-state index in [1.165, 1.54) is 0 Å². The lowest BCUT2D eigenvalue weighted by atomic mass is 10.2. The van der Waals surface area contributed by atoms with Crippen LogP contribution in [-0.2, 0) is 0 Å². The van der Waals surface area contributed by atoms with Crippen LogP contribution in [-0.4, -0.2) is 27.2 Å². The van der Waals surface area contributed by atoms with E-state index >= 15 is 0 Å². The van der Waals surface area contributed by atoms with Crippen molar-refractivity contribution in [2.45, 2.75) is 0 Å². The molecular formula is C10H10ClN5. The number of halogens is 1. The predicted molar refractivity (Wildman–Crippen MR) is 63.2 cm³/mol. The van der Waals surface area contributed by atoms with Gasteiger partial charge in [0.15, 0.2) is 0 Å². The predicted octanol–water partition coefficient (Wildman–Crippen LogP) is 1.98. The lowest BCUT2D eigenvalue weighted by Gasteiger charge is -1.95. The highest BCUT2D eigenvalue weighted by molar-refractivity contribution is 6.30. The maximum absolute atomic E-state index is 5.78. The van der Waals surface area contributed by atoms with Crippen molar-refractivity contribution >= 4 is 23.6 Å². The molecule has 0 atom stereocenters. The van der Waals surface area contributed by atoms with Crippen LogP contribution < -0.4 is 5.32 Å². The number of rotatable bonds is 4. The van der Waals surface area contributed by atoms with Gasteiger partial charge in [0.1, 0.15) is 0 Å². The normalized spacial score (nSPS) is 10.8. The molecule has 1 aromatic carbocycles. The molecule has 0 unspecified atom stereocenters. The Labute approximate surface area is 97.5 Å². The Morgan fingerprint density at radius 1 is 1.31 bits per heavy atom. The number of anilines is 1. The Morgan fingerprint density at radius 3 is 2.81 bits per heavy atom. The zero-order valence-electron chi connectivity index (χ0n) is 8.39. The zero-order chi connectivity index (χ0) is 11.2. The van der Waals surface area contributed by atoms with Crippen LogP contribution in [0.1, 0.15) is 5.56 Å². The highest BCUT2D eigenvalue weighted by Gasteiger charge is 1.92. The topological polar surface area (TPSA) is 66.5 Å². The van der Waals surface area contributed by atoms with Crippen molar-refractivity contribution in [3.8, 4) is 0 Å². The van der Waals surface area contributed by atoms with Crippen molar-refractivity contribution in [2.24, 2.45) is 0 Å². The van der Waals surface area contributed by atoms with E-state index in [9.17, 15) is 0 Å². The molecule has 1 heterocycles. The first kappa shape index (κ1) is 10.6. The molecule has 82 valence electrons. The van der Waals surface area contributed by atoms with E-state index in [-0.39, 0.29) is 0 Å². The fourth-order valence-electron chi connectivity index (χ4n) is 1.16. The van der Waals surface area contributed by atoms with Gasteiger partial charge in [0, 0.05) is 11.6 Å². The molecular weight excluding hydrogens is 226 g/mol. The highest BCUT2D eigenvalue weighted by Crippen LogP contribution is 2.10. The molecule has 0 saturated heterocycles. The molecule has 0 amide bonds. The van der Waals surface area contributed by atoms with Crippen LogP contribution in [0.5, 0.6) is 0 Å². The molecule has 6 heteroatoms. The summed E-state index contributed by atoms with van der Waals surface area (Å²) < 4.78 is 0. The van der Waals surface area contributed by atoms with Crippen LogP contribution in [0, 0.1) is 0 Å². The minimum atomic E-state index is 0.487. The van der Waals surface area contributed by atoms with Gasteiger partial charge in [-0.15, -0.1) is 5.10 Å². The van der Waals surface area contributed by atoms with Crippen LogP contribution in [0.2, 0.25) is 5.02 Å². The Morgan fingerprint density at radius 2 is 2.12 bits per heavy atom. The van der Waals surface area contributed by atoms with Crippen LogP contribution in [0.4, 0.5) is 5.95 Å². The molecule has 16 heavy (non-hydrogen) atoms. The molecule has 1 aromatic heterocycles. The molecule has 0 spiro atoms. The second kappa shape index (κ2) is 5.27. The first-order valence-electron chi connectivity index (χ1n) is 4.74. The van der Waals surface area contributed by atoms with Crippen molar-refractivity contribution in [3.63, 3.8) is 0 Å². The molecule has 0 aliphatic heterocycles. The summed E-state index contributed by atoms with van der Waals surface area (Å²) in [5.74, 6) is 0.487. The van der Waals surface area contributed by atoms with Gasteiger partial charge >= 0.3 is 0 Å². The summed E-state index contributed by atoms with van der Waals surface area (Å²) in [7, 11) is 0. The summed E-state index contributed by atoms with van der Waals surface area (Å²) in [6.07, 6.45) is 3.96. The van der Waals surface area contributed by atoms with Gasteiger partial charge in [-0.1, -0.05) is 41.0 Å². The van der Waals surface area contributed by atoms with Crippen molar-refractivity contribution in [1.82, 2.24) is 20.6 Å². The number of benzene rings is 1. The molecule has 0 radical (unpaired) electrons. The van der Waals surface area contributed by atoms with Gasteiger partial charge in [-0.25, -0.2) is 0 Å². The average molecular weight is 236 g/mol. The third-order valence-corrected chi connectivity index (χ3v) is 2.16. The molecule has 0 bridgehead atoms. The van der Waals surface area contributed by atoms with Gasteiger partial charge in [-0.3, -0.25) is 0 Å². The van der Waals surface area contributed by atoms with Gasteiger partial charge in [-0.05, 0) is 22.9 Å². The summed E-state index contributed by atoms with van der Waals surface area (Å²) >= 11 is 5.78. The second-order valence-electron chi connectivity index (χ2n) is 3.07. The van der Waals surface area contributed by atoms with Crippen LogP contribution in [0.25, 0.3) is 6.08 Å². The van der Waals surface area contributed by atoms with Gasteiger partial charge in [0.05, 0.1) is 0 Å². The van der Waals surface area contributed by atoms with E-state index < -0.39 is 0 Å². The fraction of sp³-hybridized carbons (Fsp3) is 0.100. The van der Waals surface area contributed by atoms with Crippen molar-refractivity contribution < 1.29 is 0 Å². The van der Waals surface area contributed by atoms with Crippen molar-refractivity contribution in [2.75, 3.05) is 11.9 Å². The lowest BCUT2D eigenvalue weighted by Crippen LogP contribution is -1.99. The standard InChI is InChI=1S/C10H10ClN5/c11-9-5-3-8(4-6-9)2-1-7-12-10-13-15-16-14-10/h1-6H,7H2,(H2,12,13,14,15,16). The van der Waals surface area contributed by atoms with Gasteiger partial charge < -0.3 is 5.32 Å². The third kappa shape index (κ3) is 3.06. The lowest BCUT2D eigenvalue weighted by molar-refractivity contribution is 0.881. The molecule has 0 fully saturated rings. The number of aromatic amines is 1. The Bertz CT molecular complexity index is 449. The molecule has 0 aliphatic carbocycles. The van der Waals surface area contributed by atoms with E-state index in [1.54, 1.807) is 0 Å². The Balaban J connectivity index is 1.83. The van der Waals surface area contributed by atoms with E-state index in [4.69, 9.17) is 11.6 Å². The molecule has 0 saturated carbocycles. The summed E-state index contributed by atoms with van der Waals surface area (Å²) in [4.78, 5) is 0. The number of nitrogens with one attached hydrogen (secondary N) is 2. The molecule has 2 rings (SSSR count). The monoisotopic (exact) mass is 235 g/mol. The van der Waals surface area contributed by atoms with E-state index in [2.05, 4.69) is 25.9 Å². The van der Waals surface area contributed by atoms with Gasteiger partial charge in [-0.2, -0.15) is 5.21 Å². The quantitative estimate of drug-likeness (QED) is 0.851. The van der Waals surface area contributed by atoms with Gasteiger partial charge in [0.2, 0.25) is 0 Å². The van der Waals surface area contributed by atoms with Crippen LogP contribution in [0.15, 0.2) is 30.3 Å². The van der Waals surface area contributed by atoms with Crippen LogP contribution in [0.3, 0.4) is 0 Å². The number of hydrogen-bond acceptors (Lipinski definition) is 4. The maximum Gasteiger partial charge on any atom is 0.263 e. The summed E-state index contributed by atoms with van der Waals surface area (Å²) in [5.41, 5.74) is 1.10. The molecule has 2 N–H and O–H groups in total. The maximum atomic E-state index is 5.78. The first-order chi connectivity index (χ1) is 7.84. The largest absolute Gasteiger partial charge is 0.348 e. The SMILES string of the molecule is Clc1ccc(C=CCNc2nn[nH]n2)cc1. The number of aromatic nitrogens is 4. The second-order valence-corrected chi connectivity index (χ2v) is 3.51. The summed E-state index contributed by atoms with van der Waals surface area (Å²) in [6, 6.07) is 7.61. The zero-order valence-corrected chi connectivity index (χ0v) is 9.15. The summed E-state index contributed by atoms with van der Waals surface area (Å²) in [6.45, 7) is 0.641. The minimum Gasteiger partial charge on any atom is -0.348 e. The van der Waals surface area contributed by atoms with Crippen molar-refractivity contribution in [3.05, 3.63) is 40.9 Å². The Hall–Kier alpha value is -1.88. The van der Waals surface area contributed by atoms with Crippen molar-refractivity contribution in [1.29, 1.82) is 0 Å². The fourth-order valence-corrected chi connectivity index (χ4v) is 1.28. The average Bonchev–Trinajstić information content (AvgIpc) is 2.80. The summed E-state index contributed by atoms with van der Waals surface area (Å²) in [5, 5.41) is 17.0. The minimum absolute atomic E-state index is 0.487. The number of nitrogens with zero attached hydrogens (tertiary/aromatic N) is 3. The smallest absolute Gasteiger partial charge is 0.263 e. The number of tetrazole rings is 1. The van der Waals surface area contributed by atoms with Crippen LogP contribution >= 0.6 is 11.6 Å².